The second-order valence-electron chi connectivity index (χ2n) is 5.75. The lowest BCUT2D eigenvalue weighted by atomic mass is 9.66. The van der Waals surface area contributed by atoms with Crippen molar-refractivity contribution in [2.24, 2.45) is 11.1 Å². The van der Waals surface area contributed by atoms with Gasteiger partial charge in [-0.3, -0.25) is 4.79 Å². The number of nitrogens with one attached hydrogen (secondary N) is 1. The minimum Gasteiger partial charge on any atom is -0.355 e. The summed E-state index contributed by atoms with van der Waals surface area (Å²) in [6.07, 6.45) is 10.1. The normalized spacial score (nSPS) is 24.6. The molecule has 1 amide bonds. The second kappa shape index (κ2) is 5.19. The van der Waals surface area contributed by atoms with Crippen molar-refractivity contribution >= 4 is 17.7 Å². The molecule has 0 radical (unpaired) electrons. The zero-order valence-electron chi connectivity index (χ0n) is 10.8. The van der Waals surface area contributed by atoms with Crippen LogP contribution in [-0.4, -0.2) is 30.0 Å². The monoisotopic (exact) mass is 256 g/mol. The molecule has 0 unspecified atom stereocenters. The average Bonchev–Trinajstić information content (AvgIpc) is 2.22. The lowest BCUT2D eigenvalue weighted by Crippen LogP contribution is -2.47. The van der Waals surface area contributed by atoms with Crippen molar-refractivity contribution in [3.63, 3.8) is 0 Å². The first-order valence-corrected chi connectivity index (χ1v) is 7.88. The third kappa shape index (κ3) is 2.79. The Balaban J connectivity index is 1.74. The quantitative estimate of drug-likeness (QED) is 0.763. The summed E-state index contributed by atoms with van der Waals surface area (Å²) in [6, 6.07) is 0. The SMILES string of the molecule is CSC1(CNC(=O)CC2(CN)CCC2)CCC1. The zero-order chi connectivity index (χ0) is 12.4. The Morgan fingerprint density at radius 1 is 1.29 bits per heavy atom. The van der Waals surface area contributed by atoms with Crippen LogP contribution in [0.2, 0.25) is 0 Å². The molecule has 0 heterocycles. The molecule has 0 bridgehead atoms. The fraction of sp³-hybridized carbons (Fsp3) is 0.923. The van der Waals surface area contributed by atoms with Crippen molar-refractivity contribution in [2.75, 3.05) is 19.3 Å². The van der Waals surface area contributed by atoms with Crippen LogP contribution in [0, 0.1) is 5.41 Å². The van der Waals surface area contributed by atoms with Gasteiger partial charge < -0.3 is 11.1 Å². The second-order valence-corrected chi connectivity index (χ2v) is 7.03. The molecule has 3 nitrogen and oxygen atoms in total. The van der Waals surface area contributed by atoms with Gasteiger partial charge in [0, 0.05) is 17.7 Å². The molecule has 0 atom stereocenters. The van der Waals surface area contributed by atoms with Crippen LogP contribution in [0.5, 0.6) is 0 Å². The fourth-order valence-corrected chi connectivity index (χ4v) is 3.73. The van der Waals surface area contributed by atoms with Crippen molar-refractivity contribution in [1.82, 2.24) is 5.32 Å². The largest absolute Gasteiger partial charge is 0.355 e. The summed E-state index contributed by atoms with van der Waals surface area (Å²) in [7, 11) is 0. The highest BCUT2D eigenvalue weighted by molar-refractivity contribution is 8.00. The highest BCUT2D eigenvalue weighted by Gasteiger charge is 2.39. The van der Waals surface area contributed by atoms with Crippen molar-refractivity contribution in [1.29, 1.82) is 0 Å². The van der Waals surface area contributed by atoms with Crippen molar-refractivity contribution in [3.05, 3.63) is 0 Å². The molecule has 2 rings (SSSR count). The Morgan fingerprint density at radius 3 is 2.29 bits per heavy atom. The number of hydrogen-bond donors (Lipinski definition) is 2. The van der Waals surface area contributed by atoms with Gasteiger partial charge in [0.05, 0.1) is 0 Å². The Kier molecular flexibility index (Phi) is 4.03. The maximum Gasteiger partial charge on any atom is 0.220 e. The molecule has 0 spiro atoms. The van der Waals surface area contributed by atoms with Gasteiger partial charge in [-0.2, -0.15) is 11.8 Å². The van der Waals surface area contributed by atoms with E-state index in [1.807, 2.05) is 11.8 Å². The molecule has 2 fully saturated rings. The first-order valence-electron chi connectivity index (χ1n) is 6.66. The topological polar surface area (TPSA) is 55.1 Å². The van der Waals surface area contributed by atoms with Crippen LogP contribution in [0.15, 0.2) is 0 Å². The van der Waals surface area contributed by atoms with E-state index in [1.165, 1.54) is 25.7 Å². The fourth-order valence-electron chi connectivity index (χ4n) is 2.82. The highest BCUT2D eigenvalue weighted by atomic mass is 32.2. The Labute approximate surface area is 108 Å². The van der Waals surface area contributed by atoms with Crippen LogP contribution in [0.4, 0.5) is 0 Å². The molecule has 0 aliphatic heterocycles. The molecule has 0 aromatic carbocycles. The Morgan fingerprint density at radius 2 is 1.94 bits per heavy atom. The third-order valence-corrected chi connectivity index (χ3v) is 6.11. The molecule has 0 saturated heterocycles. The van der Waals surface area contributed by atoms with Crippen LogP contribution in [0.1, 0.15) is 44.9 Å². The van der Waals surface area contributed by atoms with Gasteiger partial charge in [-0.1, -0.05) is 12.8 Å². The van der Waals surface area contributed by atoms with Crippen molar-refractivity contribution < 1.29 is 4.79 Å². The number of thioether (sulfide) groups is 1. The molecule has 4 heteroatoms. The molecular formula is C13H24N2OS. The molecule has 0 aromatic heterocycles. The molecule has 0 aromatic rings. The summed E-state index contributed by atoms with van der Waals surface area (Å²) in [5.41, 5.74) is 5.91. The number of carbonyl (C=O) groups excluding carboxylic acids is 1. The maximum absolute atomic E-state index is 11.9. The summed E-state index contributed by atoms with van der Waals surface area (Å²) in [6.45, 7) is 1.50. The summed E-state index contributed by atoms with van der Waals surface area (Å²) in [4.78, 5) is 11.9. The molecule has 2 aliphatic carbocycles. The smallest absolute Gasteiger partial charge is 0.220 e. The lowest BCUT2D eigenvalue weighted by molar-refractivity contribution is -0.124. The van der Waals surface area contributed by atoms with Crippen LogP contribution in [-0.2, 0) is 4.79 Å². The van der Waals surface area contributed by atoms with Crippen LogP contribution in [0.3, 0.4) is 0 Å². The van der Waals surface area contributed by atoms with E-state index in [4.69, 9.17) is 5.73 Å². The Hall–Kier alpha value is -0.220. The van der Waals surface area contributed by atoms with Gasteiger partial charge in [0.15, 0.2) is 0 Å². The van der Waals surface area contributed by atoms with Crippen molar-refractivity contribution in [2.45, 2.75) is 49.7 Å². The van der Waals surface area contributed by atoms with E-state index in [1.54, 1.807) is 0 Å². The van der Waals surface area contributed by atoms with Gasteiger partial charge in [0.2, 0.25) is 5.91 Å². The average molecular weight is 256 g/mol. The Bertz CT molecular complexity index is 274. The summed E-state index contributed by atoms with van der Waals surface area (Å²) in [5.74, 6) is 0.204. The van der Waals surface area contributed by atoms with E-state index < -0.39 is 0 Å². The highest BCUT2D eigenvalue weighted by Crippen LogP contribution is 2.44. The van der Waals surface area contributed by atoms with Gasteiger partial charge >= 0.3 is 0 Å². The zero-order valence-corrected chi connectivity index (χ0v) is 11.6. The standard InChI is InChI=1S/C13H24N2OS/c1-17-13(6-3-7-13)10-15-11(16)8-12(9-14)4-2-5-12/h2-10,14H2,1H3,(H,15,16). The van der Waals surface area contributed by atoms with Crippen LogP contribution >= 0.6 is 11.8 Å². The van der Waals surface area contributed by atoms with E-state index in [-0.39, 0.29) is 11.3 Å². The van der Waals surface area contributed by atoms with E-state index >= 15 is 0 Å². The van der Waals surface area contributed by atoms with Gasteiger partial charge in [-0.25, -0.2) is 0 Å². The van der Waals surface area contributed by atoms with E-state index in [2.05, 4.69) is 11.6 Å². The number of rotatable bonds is 6. The van der Waals surface area contributed by atoms with E-state index in [9.17, 15) is 4.79 Å². The number of hydrogen-bond acceptors (Lipinski definition) is 3. The van der Waals surface area contributed by atoms with Gasteiger partial charge in [0.1, 0.15) is 0 Å². The molecule has 3 N–H and O–H groups in total. The van der Waals surface area contributed by atoms with E-state index in [0.29, 0.717) is 17.7 Å². The third-order valence-electron chi connectivity index (χ3n) is 4.69. The van der Waals surface area contributed by atoms with Crippen LogP contribution < -0.4 is 11.1 Å². The summed E-state index contributed by atoms with van der Waals surface area (Å²) < 4.78 is 0.338. The first-order chi connectivity index (χ1) is 8.14. The summed E-state index contributed by atoms with van der Waals surface area (Å²) >= 11 is 1.91. The predicted molar refractivity (Wildman–Crippen MR) is 73.1 cm³/mol. The minimum absolute atomic E-state index is 0.135. The lowest BCUT2D eigenvalue weighted by Gasteiger charge is -2.42. The number of nitrogens with two attached hydrogens (primary N) is 1. The van der Waals surface area contributed by atoms with Gasteiger partial charge in [0.25, 0.3) is 0 Å². The van der Waals surface area contributed by atoms with Crippen LogP contribution in [0.25, 0.3) is 0 Å². The molecular weight excluding hydrogens is 232 g/mol. The minimum atomic E-state index is 0.135. The van der Waals surface area contributed by atoms with Gasteiger partial charge in [-0.15, -0.1) is 0 Å². The molecule has 2 aliphatic rings. The predicted octanol–water partition coefficient (Wildman–Crippen LogP) is 1.91. The van der Waals surface area contributed by atoms with Crippen molar-refractivity contribution in [3.8, 4) is 0 Å². The number of carbonyl (C=O) groups is 1. The first kappa shape index (κ1) is 13.2. The molecule has 98 valence electrons. The van der Waals surface area contributed by atoms with Gasteiger partial charge in [-0.05, 0) is 43.9 Å². The molecule has 2 saturated carbocycles. The molecule has 17 heavy (non-hydrogen) atoms. The maximum atomic E-state index is 11.9. The number of amides is 1. The summed E-state index contributed by atoms with van der Waals surface area (Å²) in [5, 5.41) is 3.12. The van der Waals surface area contributed by atoms with E-state index in [0.717, 1.165) is 19.4 Å².